The molecule has 0 aliphatic carbocycles. The smallest absolute Gasteiger partial charge is 0.306 e. The highest BCUT2D eigenvalue weighted by Gasteiger charge is 2.32. The lowest BCUT2D eigenvalue weighted by atomic mass is 10.1. The highest BCUT2D eigenvalue weighted by Crippen LogP contribution is 2.33. The molecule has 2 atom stereocenters. The molecule has 0 unspecified atom stereocenters. The average Bonchev–Trinajstić information content (AvgIpc) is 2.61. The number of ether oxygens (including phenoxy) is 2. The first-order valence-electron chi connectivity index (χ1n) is 8.64. The molecule has 1 saturated heterocycles. The van der Waals surface area contributed by atoms with E-state index >= 15 is 0 Å². The first kappa shape index (κ1) is 18.2. The third-order valence-electron chi connectivity index (χ3n) is 4.52. The van der Waals surface area contributed by atoms with Gasteiger partial charge >= 0.3 is 5.97 Å². The summed E-state index contributed by atoms with van der Waals surface area (Å²) in [6.45, 7) is 2.95. The Morgan fingerprint density at radius 3 is 2.85 bits per heavy atom. The summed E-state index contributed by atoms with van der Waals surface area (Å²) in [6.07, 6.45) is -1.05. The van der Waals surface area contributed by atoms with E-state index in [-0.39, 0.29) is 37.7 Å². The zero-order valence-corrected chi connectivity index (χ0v) is 14.6. The molecule has 1 fully saturated rings. The van der Waals surface area contributed by atoms with E-state index < -0.39 is 18.2 Å². The van der Waals surface area contributed by atoms with Crippen molar-refractivity contribution in [2.45, 2.75) is 32.0 Å². The number of carboxylic acid groups (broad SMARTS) is 1. The average molecular weight is 362 g/mol. The van der Waals surface area contributed by atoms with Crippen molar-refractivity contribution in [3.8, 4) is 5.75 Å². The number of carboxylic acids is 1. The summed E-state index contributed by atoms with van der Waals surface area (Å²) in [5.74, 6) is -0.621. The number of hydrogen-bond donors (Lipinski definition) is 1. The van der Waals surface area contributed by atoms with Gasteiger partial charge in [-0.25, -0.2) is 0 Å². The van der Waals surface area contributed by atoms with Crippen LogP contribution < -0.4 is 9.64 Å². The molecule has 1 aromatic rings. The fraction of sp³-hybridized carbons (Fsp3) is 0.500. The van der Waals surface area contributed by atoms with Gasteiger partial charge in [-0.15, -0.1) is 0 Å². The number of carbonyl (C=O) groups excluding carboxylic acids is 2. The van der Waals surface area contributed by atoms with E-state index in [0.717, 1.165) is 0 Å². The molecule has 0 bridgehead atoms. The first-order valence-corrected chi connectivity index (χ1v) is 8.64. The number of nitrogens with zero attached hydrogens (tertiary/aromatic N) is 2. The predicted molar refractivity (Wildman–Crippen MR) is 92.1 cm³/mol. The SMILES string of the molecule is C[C@H]1Oc2ccccc2N(CCC(=O)N2CCO[C@@H](CC(=O)O)C2)C1=O. The Balaban J connectivity index is 1.62. The summed E-state index contributed by atoms with van der Waals surface area (Å²) in [5, 5.41) is 8.87. The lowest BCUT2D eigenvalue weighted by Gasteiger charge is -2.35. The molecule has 1 N–H and O–H groups in total. The van der Waals surface area contributed by atoms with Crippen molar-refractivity contribution in [1.29, 1.82) is 0 Å². The lowest BCUT2D eigenvalue weighted by Crippen LogP contribution is -2.49. The van der Waals surface area contributed by atoms with Gasteiger partial charge in [-0.2, -0.15) is 0 Å². The van der Waals surface area contributed by atoms with Crippen molar-refractivity contribution >= 4 is 23.5 Å². The number of benzene rings is 1. The summed E-state index contributed by atoms with van der Waals surface area (Å²) < 4.78 is 11.0. The molecule has 0 radical (unpaired) electrons. The molecule has 2 aliphatic heterocycles. The summed E-state index contributed by atoms with van der Waals surface area (Å²) in [7, 11) is 0. The Kier molecular flexibility index (Phi) is 5.41. The maximum atomic E-state index is 12.5. The zero-order valence-electron chi connectivity index (χ0n) is 14.6. The molecule has 140 valence electrons. The van der Waals surface area contributed by atoms with E-state index in [2.05, 4.69) is 0 Å². The van der Waals surface area contributed by atoms with Gasteiger partial charge < -0.3 is 24.4 Å². The first-order chi connectivity index (χ1) is 12.5. The monoisotopic (exact) mass is 362 g/mol. The van der Waals surface area contributed by atoms with Gasteiger partial charge in [0.15, 0.2) is 6.10 Å². The Hall–Kier alpha value is -2.61. The fourth-order valence-corrected chi connectivity index (χ4v) is 3.22. The second-order valence-corrected chi connectivity index (χ2v) is 6.40. The Morgan fingerprint density at radius 2 is 2.08 bits per heavy atom. The van der Waals surface area contributed by atoms with Crippen molar-refractivity contribution in [3.05, 3.63) is 24.3 Å². The summed E-state index contributed by atoms with van der Waals surface area (Å²) >= 11 is 0. The van der Waals surface area contributed by atoms with Crippen molar-refractivity contribution in [2.75, 3.05) is 31.1 Å². The van der Waals surface area contributed by atoms with Crippen LogP contribution in [0.2, 0.25) is 0 Å². The van der Waals surface area contributed by atoms with Crippen LogP contribution in [0.15, 0.2) is 24.3 Å². The Labute approximate surface area is 151 Å². The maximum Gasteiger partial charge on any atom is 0.306 e. The fourth-order valence-electron chi connectivity index (χ4n) is 3.22. The van der Waals surface area contributed by atoms with Crippen LogP contribution in [0.3, 0.4) is 0 Å². The van der Waals surface area contributed by atoms with Gasteiger partial charge in [0.05, 0.1) is 24.8 Å². The Morgan fingerprint density at radius 1 is 1.31 bits per heavy atom. The second-order valence-electron chi connectivity index (χ2n) is 6.40. The molecule has 26 heavy (non-hydrogen) atoms. The molecular formula is C18H22N2O6. The largest absolute Gasteiger partial charge is 0.481 e. The molecule has 2 heterocycles. The number of morpholine rings is 1. The maximum absolute atomic E-state index is 12.5. The number of rotatable bonds is 5. The second kappa shape index (κ2) is 7.74. The van der Waals surface area contributed by atoms with Crippen LogP contribution in [0.1, 0.15) is 19.8 Å². The molecule has 1 aromatic carbocycles. The molecular weight excluding hydrogens is 340 g/mol. The number of hydrogen-bond acceptors (Lipinski definition) is 5. The van der Waals surface area contributed by atoms with Gasteiger partial charge in [0.2, 0.25) is 5.91 Å². The third kappa shape index (κ3) is 3.96. The summed E-state index contributed by atoms with van der Waals surface area (Å²) in [6, 6.07) is 7.24. The van der Waals surface area contributed by atoms with Gasteiger partial charge in [-0.3, -0.25) is 14.4 Å². The van der Waals surface area contributed by atoms with Gasteiger partial charge in [-0.1, -0.05) is 12.1 Å². The highest BCUT2D eigenvalue weighted by atomic mass is 16.5. The van der Waals surface area contributed by atoms with Crippen LogP contribution in [-0.4, -0.2) is 66.2 Å². The minimum atomic E-state index is -0.950. The predicted octanol–water partition coefficient (Wildman–Crippen LogP) is 0.893. The van der Waals surface area contributed by atoms with Crippen LogP contribution in [-0.2, 0) is 19.1 Å². The molecule has 0 spiro atoms. The molecule has 0 aromatic heterocycles. The molecule has 0 saturated carbocycles. The number of para-hydroxylation sites is 2. The molecule has 3 rings (SSSR count). The van der Waals surface area contributed by atoms with Crippen molar-refractivity contribution in [3.63, 3.8) is 0 Å². The quantitative estimate of drug-likeness (QED) is 0.836. The Bertz CT molecular complexity index is 707. The van der Waals surface area contributed by atoms with Crippen molar-refractivity contribution < 1.29 is 29.0 Å². The van der Waals surface area contributed by atoms with E-state index in [4.69, 9.17) is 14.6 Å². The van der Waals surface area contributed by atoms with Gasteiger partial charge in [0.1, 0.15) is 5.75 Å². The van der Waals surface area contributed by atoms with E-state index in [1.807, 2.05) is 12.1 Å². The number of amides is 2. The molecule has 8 heteroatoms. The van der Waals surface area contributed by atoms with Crippen LogP contribution >= 0.6 is 0 Å². The van der Waals surface area contributed by atoms with Crippen molar-refractivity contribution in [2.24, 2.45) is 0 Å². The van der Waals surface area contributed by atoms with Gasteiger partial charge in [-0.05, 0) is 19.1 Å². The number of fused-ring (bicyclic) bond motifs is 1. The van der Waals surface area contributed by atoms with E-state index in [9.17, 15) is 14.4 Å². The number of anilines is 1. The van der Waals surface area contributed by atoms with E-state index in [0.29, 0.717) is 24.6 Å². The molecule has 2 aliphatic rings. The molecule has 2 amide bonds. The highest BCUT2D eigenvalue weighted by molar-refractivity contribution is 6.00. The lowest BCUT2D eigenvalue weighted by molar-refractivity contribution is -0.147. The van der Waals surface area contributed by atoms with E-state index in [1.165, 1.54) is 0 Å². The van der Waals surface area contributed by atoms with Gasteiger partial charge in [0.25, 0.3) is 5.91 Å². The summed E-state index contributed by atoms with van der Waals surface area (Å²) in [5.41, 5.74) is 0.661. The minimum absolute atomic E-state index is 0.117. The van der Waals surface area contributed by atoms with Crippen LogP contribution in [0.25, 0.3) is 0 Å². The topological polar surface area (TPSA) is 96.4 Å². The van der Waals surface area contributed by atoms with Crippen LogP contribution in [0, 0.1) is 0 Å². The van der Waals surface area contributed by atoms with Crippen LogP contribution in [0.5, 0.6) is 5.75 Å². The minimum Gasteiger partial charge on any atom is -0.481 e. The van der Waals surface area contributed by atoms with Crippen molar-refractivity contribution in [1.82, 2.24) is 4.90 Å². The third-order valence-corrected chi connectivity index (χ3v) is 4.52. The standard InChI is InChI=1S/C18H22N2O6/c1-12-18(24)20(14-4-2-3-5-15(14)26-12)7-6-16(21)19-8-9-25-13(11-19)10-17(22)23/h2-5,12-13H,6-11H2,1H3,(H,22,23)/t12-,13+/m1/s1. The van der Waals surface area contributed by atoms with Gasteiger partial charge in [0, 0.05) is 26.1 Å². The van der Waals surface area contributed by atoms with E-state index in [1.54, 1.807) is 28.9 Å². The number of aliphatic carboxylic acids is 1. The van der Waals surface area contributed by atoms with Crippen LogP contribution in [0.4, 0.5) is 5.69 Å². The molecule has 8 nitrogen and oxygen atoms in total. The zero-order chi connectivity index (χ0) is 18.7. The number of carbonyl (C=O) groups is 3. The summed E-state index contributed by atoms with van der Waals surface area (Å²) in [4.78, 5) is 39.0. The normalized spacial score (nSPS) is 22.6.